The van der Waals surface area contributed by atoms with Gasteiger partial charge >= 0.3 is 12.1 Å². The average Bonchev–Trinajstić information content (AvgIpc) is 3.06. The number of hydrogen-bond acceptors (Lipinski definition) is 4. The molecule has 3 aliphatic rings. The summed E-state index contributed by atoms with van der Waals surface area (Å²) in [5.41, 5.74) is 1.54. The molecule has 2 atom stereocenters. The number of rotatable bonds is 1. The molecular formula is C15H15NO3S. The van der Waals surface area contributed by atoms with Crippen LogP contribution in [-0.2, 0) is 22.5 Å². The first-order chi connectivity index (χ1) is 9.72. The number of fused-ring (bicyclic) bond motifs is 2. The van der Waals surface area contributed by atoms with Gasteiger partial charge in [-0.1, -0.05) is 24.3 Å². The van der Waals surface area contributed by atoms with Gasteiger partial charge in [-0.25, -0.2) is 9.59 Å². The first-order valence-corrected chi connectivity index (χ1v) is 8.06. The molecule has 4 nitrogen and oxygen atoms in total. The molecule has 0 N–H and O–H groups in total. The van der Waals surface area contributed by atoms with Crippen LogP contribution in [0.1, 0.15) is 17.5 Å². The van der Waals surface area contributed by atoms with Crippen molar-refractivity contribution >= 4 is 23.8 Å². The minimum Gasteiger partial charge on any atom is -0.374 e. The Morgan fingerprint density at radius 1 is 1.25 bits per heavy atom. The molecule has 2 unspecified atom stereocenters. The van der Waals surface area contributed by atoms with E-state index in [0.29, 0.717) is 13.0 Å². The fourth-order valence-corrected chi connectivity index (χ4v) is 5.00. The van der Waals surface area contributed by atoms with Crippen molar-refractivity contribution in [3.63, 3.8) is 0 Å². The number of nitrogens with zero attached hydrogens (tertiary/aromatic N) is 1. The van der Waals surface area contributed by atoms with Crippen LogP contribution in [-0.4, -0.2) is 34.0 Å². The molecule has 5 heteroatoms. The number of cyclic esters (lactones) is 2. The van der Waals surface area contributed by atoms with E-state index in [0.717, 1.165) is 23.5 Å². The maximum absolute atomic E-state index is 12.4. The molecule has 1 aromatic rings. The highest BCUT2D eigenvalue weighted by Crippen LogP contribution is 2.46. The zero-order chi connectivity index (χ0) is 13.7. The predicted octanol–water partition coefficient (Wildman–Crippen LogP) is 2.21. The fraction of sp³-hybridized carbons (Fsp3) is 0.467. The van der Waals surface area contributed by atoms with Gasteiger partial charge in [-0.05, 0) is 29.1 Å². The molecule has 0 radical (unpaired) electrons. The number of esters is 1. The molecule has 0 saturated carbocycles. The van der Waals surface area contributed by atoms with Crippen molar-refractivity contribution < 1.29 is 14.3 Å². The van der Waals surface area contributed by atoms with E-state index in [9.17, 15) is 9.59 Å². The van der Waals surface area contributed by atoms with Crippen LogP contribution in [0.4, 0.5) is 4.79 Å². The Labute approximate surface area is 121 Å². The predicted molar refractivity (Wildman–Crippen MR) is 75.3 cm³/mol. The van der Waals surface area contributed by atoms with Crippen molar-refractivity contribution in [2.24, 2.45) is 5.92 Å². The summed E-state index contributed by atoms with van der Waals surface area (Å²) < 4.78 is 4.99. The summed E-state index contributed by atoms with van der Waals surface area (Å²) >= 11 is 1.86. The summed E-state index contributed by atoms with van der Waals surface area (Å²) in [6.45, 7) is 0.488. The average molecular weight is 289 g/mol. The van der Waals surface area contributed by atoms with Gasteiger partial charge in [0.15, 0.2) is 5.54 Å². The van der Waals surface area contributed by atoms with E-state index in [-0.39, 0.29) is 11.9 Å². The van der Waals surface area contributed by atoms with Crippen LogP contribution in [0.2, 0.25) is 0 Å². The number of hydrogen-bond donors (Lipinski definition) is 0. The molecule has 3 heterocycles. The number of carbonyl (C=O) groups excluding carboxylic acids is 2. The van der Waals surface area contributed by atoms with E-state index in [1.54, 1.807) is 4.90 Å². The normalized spacial score (nSPS) is 32.0. The minimum absolute atomic E-state index is 0.208. The monoisotopic (exact) mass is 289 g/mol. The van der Waals surface area contributed by atoms with Gasteiger partial charge < -0.3 is 4.74 Å². The standard InChI is InChI=1S/C15H15NO3S/c17-13-15(12-5-6-20-9-12)7-10-3-1-2-4-11(10)8-16(15)14(18)19-13/h1-4,12H,5-9H2. The number of benzene rings is 1. The van der Waals surface area contributed by atoms with Crippen molar-refractivity contribution in [3.05, 3.63) is 35.4 Å². The van der Waals surface area contributed by atoms with Gasteiger partial charge in [-0.2, -0.15) is 11.8 Å². The van der Waals surface area contributed by atoms with Crippen LogP contribution in [0, 0.1) is 5.92 Å². The first kappa shape index (κ1) is 12.3. The van der Waals surface area contributed by atoms with Crippen LogP contribution >= 0.6 is 11.8 Å². The lowest BCUT2D eigenvalue weighted by Gasteiger charge is -2.42. The molecule has 2 fully saturated rings. The Bertz CT molecular complexity index is 597. The second kappa shape index (κ2) is 4.25. The Morgan fingerprint density at radius 2 is 2.05 bits per heavy atom. The summed E-state index contributed by atoms with van der Waals surface area (Å²) in [6, 6.07) is 8.06. The quantitative estimate of drug-likeness (QED) is 0.587. The molecule has 1 aromatic carbocycles. The lowest BCUT2D eigenvalue weighted by Crippen LogP contribution is -2.58. The van der Waals surface area contributed by atoms with Crippen LogP contribution in [0.15, 0.2) is 24.3 Å². The zero-order valence-corrected chi connectivity index (χ0v) is 11.8. The maximum Gasteiger partial charge on any atom is 0.418 e. The van der Waals surface area contributed by atoms with E-state index in [1.807, 2.05) is 30.0 Å². The van der Waals surface area contributed by atoms with Gasteiger partial charge in [-0.15, -0.1) is 0 Å². The Hall–Kier alpha value is -1.49. The number of thioether (sulfide) groups is 1. The van der Waals surface area contributed by atoms with Gasteiger partial charge in [0, 0.05) is 12.3 Å². The minimum atomic E-state index is -0.755. The third-order valence-corrected chi connectivity index (χ3v) is 5.91. The largest absolute Gasteiger partial charge is 0.418 e. The van der Waals surface area contributed by atoms with Gasteiger partial charge in [0.1, 0.15) is 0 Å². The smallest absolute Gasteiger partial charge is 0.374 e. The summed E-state index contributed by atoms with van der Waals surface area (Å²) in [5, 5.41) is 0. The van der Waals surface area contributed by atoms with Crippen LogP contribution in [0.25, 0.3) is 0 Å². The lowest BCUT2D eigenvalue weighted by atomic mass is 9.74. The molecule has 4 rings (SSSR count). The highest BCUT2D eigenvalue weighted by molar-refractivity contribution is 7.99. The van der Waals surface area contributed by atoms with E-state index in [4.69, 9.17) is 4.74 Å². The van der Waals surface area contributed by atoms with Gasteiger partial charge in [-0.3, -0.25) is 4.90 Å². The Kier molecular flexibility index (Phi) is 2.61. The maximum atomic E-state index is 12.4. The molecule has 1 amide bonds. The molecule has 2 saturated heterocycles. The number of ether oxygens (including phenoxy) is 1. The third-order valence-electron chi connectivity index (χ3n) is 4.75. The molecule has 3 aliphatic heterocycles. The molecule has 0 bridgehead atoms. The van der Waals surface area contributed by atoms with Crippen molar-refractivity contribution in [1.29, 1.82) is 0 Å². The molecule has 0 spiro atoms. The van der Waals surface area contributed by atoms with E-state index in [1.165, 1.54) is 5.56 Å². The summed E-state index contributed by atoms with van der Waals surface area (Å²) in [6.07, 6.45) is 1.10. The number of carbonyl (C=O) groups is 2. The zero-order valence-electron chi connectivity index (χ0n) is 11.0. The van der Waals surface area contributed by atoms with E-state index >= 15 is 0 Å². The van der Waals surface area contributed by atoms with Gasteiger partial charge in [0.25, 0.3) is 0 Å². The Morgan fingerprint density at radius 3 is 2.80 bits per heavy atom. The Balaban J connectivity index is 1.84. The van der Waals surface area contributed by atoms with Crippen molar-refractivity contribution in [1.82, 2.24) is 4.90 Å². The summed E-state index contributed by atoms with van der Waals surface area (Å²) in [7, 11) is 0. The van der Waals surface area contributed by atoms with Gasteiger partial charge in [0.05, 0.1) is 6.54 Å². The third kappa shape index (κ3) is 1.50. The van der Waals surface area contributed by atoms with Crippen LogP contribution < -0.4 is 0 Å². The van der Waals surface area contributed by atoms with Crippen molar-refractivity contribution in [2.45, 2.75) is 24.9 Å². The first-order valence-electron chi connectivity index (χ1n) is 6.90. The molecular weight excluding hydrogens is 274 g/mol. The number of amides is 1. The second-order valence-corrected chi connectivity index (χ2v) is 6.82. The SMILES string of the molecule is O=C1OC(=O)C2(C3CCSC3)Cc3ccccc3CN12. The second-order valence-electron chi connectivity index (χ2n) is 5.67. The van der Waals surface area contributed by atoms with Gasteiger partial charge in [0.2, 0.25) is 0 Å². The van der Waals surface area contributed by atoms with Crippen molar-refractivity contribution in [3.8, 4) is 0 Å². The topological polar surface area (TPSA) is 46.6 Å². The molecule has 20 heavy (non-hydrogen) atoms. The van der Waals surface area contributed by atoms with Crippen LogP contribution in [0.3, 0.4) is 0 Å². The highest BCUT2D eigenvalue weighted by Gasteiger charge is 2.61. The molecule has 0 aromatic heterocycles. The lowest BCUT2D eigenvalue weighted by molar-refractivity contribution is -0.143. The summed E-state index contributed by atoms with van der Waals surface area (Å²) in [4.78, 5) is 26.2. The fourth-order valence-electron chi connectivity index (χ4n) is 3.66. The summed E-state index contributed by atoms with van der Waals surface area (Å²) in [5.74, 6) is 1.86. The molecule has 104 valence electrons. The highest BCUT2D eigenvalue weighted by atomic mass is 32.2. The molecule has 0 aliphatic carbocycles. The van der Waals surface area contributed by atoms with E-state index in [2.05, 4.69) is 6.07 Å². The van der Waals surface area contributed by atoms with Crippen LogP contribution in [0.5, 0.6) is 0 Å². The van der Waals surface area contributed by atoms with Crippen molar-refractivity contribution in [2.75, 3.05) is 11.5 Å². The van der Waals surface area contributed by atoms with E-state index < -0.39 is 11.6 Å².